The number of hydrogen-bond acceptors (Lipinski definition) is 8. The minimum atomic E-state index is -0.767. The standard InChI is InChI=1S/C28H25FN8O2/c29-24-10-17-9-16(15-1-2-15)3-6-20(17)27(39)37(24)26-22(14-38)21(7-8-31-26)23-11-25(30)35-28(34-23)33-18-12-32-36(13-18)19-4-5-19/h3,6-13,15,19,38H,1-2,4-5,14H2,(H3,30,33,34,35). The van der Waals surface area contributed by atoms with E-state index in [4.69, 9.17) is 5.73 Å². The lowest BCUT2D eigenvalue weighted by Crippen LogP contribution is -2.24. The molecule has 0 saturated heterocycles. The van der Waals surface area contributed by atoms with Gasteiger partial charge in [-0.1, -0.05) is 12.1 Å². The van der Waals surface area contributed by atoms with Gasteiger partial charge in [0.15, 0.2) is 0 Å². The predicted molar refractivity (Wildman–Crippen MR) is 144 cm³/mol. The summed E-state index contributed by atoms with van der Waals surface area (Å²) in [4.78, 5) is 26.6. The topological polar surface area (TPSA) is 137 Å². The van der Waals surface area contributed by atoms with Gasteiger partial charge in [0.05, 0.1) is 30.2 Å². The van der Waals surface area contributed by atoms with Gasteiger partial charge in [0, 0.05) is 35.0 Å². The van der Waals surface area contributed by atoms with Gasteiger partial charge in [0.1, 0.15) is 11.6 Å². The van der Waals surface area contributed by atoms with E-state index in [0.29, 0.717) is 39.7 Å². The Bertz CT molecular complexity index is 1810. The van der Waals surface area contributed by atoms with E-state index in [1.807, 2.05) is 23.0 Å². The summed E-state index contributed by atoms with van der Waals surface area (Å²) in [5.74, 6) is 0.136. The van der Waals surface area contributed by atoms with Gasteiger partial charge in [-0.3, -0.25) is 9.48 Å². The van der Waals surface area contributed by atoms with Crippen LogP contribution in [0.3, 0.4) is 0 Å². The van der Waals surface area contributed by atoms with Gasteiger partial charge in [-0.05, 0) is 60.7 Å². The van der Waals surface area contributed by atoms with Crippen LogP contribution in [0.2, 0.25) is 0 Å². The lowest BCUT2D eigenvalue weighted by Gasteiger charge is -2.16. The molecule has 4 N–H and O–H groups in total. The number of aliphatic hydroxyl groups excluding tert-OH is 1. The lowest BCUT2D eigenvalue weighted by molar-refractivity contribution is 0.281. The molecule has 1 aromatic carbocycles. The van der Waals surface area contributed by atoms with Crippen LogP contribution in [0.5, 0.6) is 0 Å². The van der Waals surface area contributed by atoms with Gasteiger partial charge in [-0.15, -0.1) is 0 Å². The van der Waals surface area contributed by atoms with E-state index in [2.05, 4.69) is 25.4 Å². The first-order valence-electron chi connectivity index (χ1n) is 12.9. The molecule has 7 rings (SSSR count). The molecular formula is C28H25FN8O2. The summed E-state index contributed by atoms with van der Waals surface area (Å²) in [5.41, 5.74) is 8.44. The Hall–Kier alpha value is -4.64. The van der Waals surface area contributed by atoms with E-state index < -0.39 is 18.1 Å². The number of nitrogens with two attached hydrogens (primary N) is 1. The van der Waals surface area contributed by atoms with Crippen molar-refractivity contribution < 1.29 is 9.50 Å². The Labute approximate surface area is 222 Å². The number of nitrogens with zero attached hydrogens (tertiary/aromatic N) is 6. The van der Waals surface area contributed by atoms with Crippen molar-refractivity contribution in [1.82, 2.24) is 29.3 Å². The van der Waals surface area contributed by atoms with Crippen molar-refractivity contribution in [1.29, 1.82) is 0 Å². The molecule has 0 atom stereocenters. The fourth-order valence-electron chi connectivity index (χ4n) is 4.97. The molecule has 0 amide bonds. The highest BCUT2D eigenvalue weighted by molar-refractivity contribution is 5.83. The zero-order chi connectivity index (χ0) is 26.7. The molecular weight excluding hydrogens is 499 g/mol. The summed E-state index contributed by atoms with van der Waals surface area (Å²) in [6.07, 6.45) is 9.45. The van der Waals surface area contributed by atoms with E-state index in [-0.39, 0.29) is 23.1 Å². The number of anilines is 3. The fourth-order valence-corrected chi connectivity index (χ4v) is 4.97. The van der Waals surface area contributed by atoms with Crippen molar-refractivity contribution in [2.75, 3.05) is 11.1 Å². The molecule has 11 heteroatoms. The normalized spacial score (nSPS) is 15.1. The summed E-state index contributed by atoms with van der Waals surface area (Å²) < 4.78 is 18.3. The van der Waals surface area contributed by atoms with Crippen LogP contribution in [-0.2, 0) is 6.61 Å². The van der Waals surface area contributed by atoms with Crippen molar-refractivity contribution in [3.63, 3.8) is 0 Å². The molecule has 0 spiro atoms. The van der Waals surface area contributed by atoms with Crippen molar-refractivity contribution in [3.05, 3.63) is 82.4 Å². The molecule has 0 bridgehead atoms. The van der Waals surface area contributed by atoms with Gasteiger partial charge in [0.25, 0.3) is 5.56 Å². The average Bonchev–Trinajstić information content (AvgIpc) is 3.86. The molecule has 0 radical (unpaired) electrons. The maximum Gasteiger partial charge on any atom is 0.266 e. The first-order chi connectivity index (χ1) is 19.0. The summed E-state index contributed by atoms with van der Waals surface area (Å²) in [7, 11) is 0. The number of nitrogen functional groups attached to an aromatic ring is 1. The smallest absolute Gasteiger partial charge is 0.266 e. The molecule has 2 fully saturated rings. The number of pyridine rings is 2. The number of aliphatic hydroxyl groups is 1. The molecule has 196 valence electrons. The van der Waals surface area contributed by atoms with E-state index in [0.717, 1.165) is 35.8 Å². The first kappa shape index (κ1) is 23.5. The minimum Gasteiger partial charge on any atom is -0.392 e. The second kappa shape index (κ2) is 8.98. The number of nitrogens with one attached hydrogen (secondary N) is 1. The van der Waals surface area contributed by atoms with Crippen LogP contribution in [0.25, 0.3) is 27.8 Å². The molecule has 10 nitrogen and oxygen atoms in total. The molecule has 4 heterocycles. The van der Waals surface area contributed by atoms with Crippen molar-refractivity contribution in [2.45, 2.75) is 44.2 Å². The second-order valence-corrected chi connectivity index (χ2v) is 10.1. The fraction of sp³-hybridized carbons (Fsp3) is 0.250. The molecule has 2 saturated carbocycles. The highest BCUT2D eigenvalue weighted by Gasteiger charge is 2.26. The maximum absolute atomic E-state index is 15.5. The number of fused-ring (bicyclic) bond motifs is 1. The van der Waals surface area contributed by atoms with Gasteiger partial charge in [-0.25, -0.2) is 14.5 Å². The highest BCUT2D eigenvalue weighted by Crippen LogP contribution is 2.41. The predicted octanol–water partition coefficient (Wildman–Crippen LogP) is 4.21. The van der Waals surface area contributed by atoms with E-state index >= 15 is 4.39 Å². The lowest BCUT2D eigenvalue weighted by atomic mass is 10.0. The summed E-state index contributed by atoms with van der Waals surface area (Å²) >= 11 is 0. The van der Waals surface area contributed by atoms with Crippen LogP contribution < -0.4 is 16.6 Å². The summed E-state index contributed by atoms with van der Waals surface area (Å²) in [5, 5.41) is 18.8. The Kier molecular flexibility index (Phi) is 5.41. The zero-order valence-corrected chi connectivity index (χ0v) is 20.9. The number of rotatable bonds is 7. The van der Waals surface area contributed by atoms with Crippen LogP contribution in [-0.4, -0.2) is 34.4 Å². The van der Waals surface area contributed by atoms with E-state index in [1.54, 1.807) is 24.4 Å². The maximum atomic E-state index is 15.5. The molecule has 0 unspecified atom stereocenters. The van der Waals surface area contributed by atoms with Gasteiger partial charge < -0.3 is 16.2 Å². The molecule has 4 aromatic heterocycles. The third kappa shape index (κ3) is 4.30. The van der Waals surface area contributed by atoms with Gasteiger partial charge in [-0.2, -0.15) is 14.5 Å². The molecule has 2 aliphatic rings. The van der Waals surface area contributed by atoms with Crippen LogP contribution >= 0.6 is 0 Å². The average molecular weight is 525 g/mol. The summed E-state index contributed by atoms with van der Waals surface area (Å²) in [6.45, 7) is -0.510. The Balaban J connectivity index is 1.30. The van der Waals surface area contributed by atoms with E-state index in [1.165, 1.54) is 12.3 Å². The largest absolute Gasteiger partial charge is 0.392 e. The Morgan fingerprint density at radius 3 is 2.72 bits per heavy atom. The number of aromatic nitrogens is 6. The van der Waals surface area contributed by atoms with Crippen LogP contribution in [0.4, 0.5) is 21.8 Å². The summed E-state index contributed by atoms with van der Waals surface area (Å²) in [6, 6.07) is 10.5. The zero-order valence-electron chi connectivity index (χ0n) is 20.9. The molecule has 5 aromatic rings. The van der Waals surface area contributed by atoms with Crippen molar-refractivity contribution >= 4 is 28.2 Å². The third-order valence-corrected chi connectivity index (χ3v) is 7.25. The molecule has 2 aliphatic carbocycles. The Morgan fingerprint density at radius 1 is 1.10 bits per heavy atom. The number of benzene rings is 1. The third-order valence-electron chi connectivity index (χ3n) is 7.25. The minimum absolute atomic E-state index is 0.0110. The first-order valence-corrected chi connectivity index (χ1v) is 12.9. The molecule has 39 heavy (non-hydrogen) atoms. The second-order valence-electron chi connectivity index (χ2n) is 10.1. The van der Waals surface area contributed by atoms with Crippen molar-refractivity contribution in [3.8, 4) is 17.1 Å². The van der Waals surface area contributed by atoms with Gasteiger partial charge >= 0.3 is 0 Å². The SMILES string of the molecule is Nc1cc(-c2ccnc(-n3c(F)cc4cc(C5CC5)ccc4c3=O)c2CO)nc(Nc2cnn(C3CC3)c2)n1. The number of hydrogen-bond donors (Lipinski definition) is 3. The monoisotopic (exact) mass is 524 g/mol. The van der Waals surface area contributed by atoms with Gasteiger partial charge in [0.2, 0.25) is 11.9 Å². The quantitative estimate of drug-likeness (QED) is 0.269. The highest BCUT2D eigenvalue weighted by atomic mass is 19.1. The van der Waals surface area contributed by atoms with Crippen LogP contribution in [0.15, 0.2) is 59.8 Å². The molecule has 0 aliphatic heterocycles. The Morgan fingerprint density at radius 2 is 1.95 bits per heavy atom. The van der Waals surface area contributed by atoms with Crippen LogP contribution in [0, 0.1) is 5.95 Å². The van der Waals surface area contributed by atoms with E-state index in [9.17, 15) is 9.90 Å². The van der Waals surface area contributed by atoms with Crippen LogP contribution in [0.1, 0.15) is 48.8 Å². The number of halogens is 1. The van der Waals surface area contributed by atoms with Crippen molar-refractivity contribution in [2.24, 2.45) is 0 Å².